The third-order valence-electron chi connectivity index (χ3n) is 2.42. The van der Waals surface area contributed by atoms with Crippen LogP contribution in [0.1, 0.15) is 11.4 Å². The van der Waals surface area contributed by atoms with Gasteiger partial charge in [0.05, 0.1) is 6.54 Å². The molecular formula is C12H13ClN4. The van der Waals surface area contributed by atoms with E-state index in [1.165, 1.54) is 0 Å². The molecule has 0 aliphatic rings. The minimum absolute atomic E-state index is 0.323. The van der Waals surface area contributed by atoms with Gasteiger partial charge in [-0.1, -0.05) is 17.7 Å². The largest absolute Gasteiger partial charge is 0.340 e. The summed E-state index contributed by atoms with van der Waals surface area (Å²) < 4.78 is 0. The summed E-state index contributed by atoms with van der Waals surface area (Å²) >= 11 is 6.05. The predicted molar refractivity (Wildman–Crippen MR) is 69.4 cm³/mol. The molecule has 2 rings (SSSR count). The van der Waals surface area contributed by atoms with Gasteiger partial charge >= 0.3 is 0 Å². The molecule has 0 atom stereocenters. The number of aromatic nitrogens is 2. The smallest absolute Gasteiger partial charge is 0.144 e. The van der Waals surface area contributed by atoms with Gasteiger partial charge in [-0.2, -0.15) is 0 Å². The molecule has 1 aromatic carbocycles. The Kier molecular flexibility index (Phi) is 3.56. The average Bonchev–Trinajstić information content (AvgIpc) is 2.35. The van der Waals surface area contributed by atoms with Crippen LogP contribution < -0.4 is 11.1 Å². The fraction of sp³-hybridized carbons (Fsp3) is 0.167. The lowest BCUT2D eigenvalue weighted by Gasteiger charge is -2.10. The van der Waals surface area contributed by atoms with Crippen LogP contribution in [0.3, 0.4) is 0 Å². The standard InChI is InChI=1S/C12H13ClN4/c1-8-9(13)3-2-4-10(8)16-11-5-6-15-12(7-14)17-11/h2-6H,7,14H2,1H3,(H,15,16,17). The number of nitrogens with one attached hydrogen (secondary N) is 1. The SMILES string of the molecule is Cc1c(Cl)cccc1Nc1ccnc(CN)n1. The molecule has 17 heavy (non-hydrogen) atoms. The molecule has 2 aromatic rings. The summed E-state index contributed by atoms with van der Waals surface area (Å²) in [6.45, 7) is 2.28. The zero-order chi connectivity index (χ0) is 12.3. The van der Waals surface area contributed by atoms with E-state index in [1.54, 1.807) is 12.3 Å². The van der Waals surface area contributed by atoms with Crippen LogP contribution in [0, 0.1) is 6.92 Å². The maximum absolute atomic E-state index is 6.05. The van der Waals surface area contributed by atoms with Crippen molar-refractivity contribution in [3.8, 4) is 0 Å². The molecule has 0 amide bonds. The Morgan fingerprint density at radius 2 is 2.18 bits per heavy atom. The zero-order valence-electron chi connectivity index (χ0n) is 9.44. The molecule has 1 heterocycles. The van der Waals surface area contributed by atoms with E-state index in [0.29, 0.717) is 18.2 Å². The van der Waals surface area contributed by atoms with Gasteiger partial charge in [0.2, 0.25) is 0 Å². The lowest BCUT2D eigenvalue weighted by Crippen LogP contribution is -2.05. The first-order valence-corrected chi connectivity index (χ1v) is 5.62. The number of halogens is 1. The molecule has 5 heteroatoms. The van der Waals surface area contributed by atoms with Crippen molar-refractivity contribution in [2.75, 3.05) is 5.32 Å². The van der Waals surface area contributed by atoms with Gasteiger partial charge in [-0.25, -0.2) is 9.97 Å². The number of anilines is 2. The van der Waals surface area contributed by atoms with Crippen molar-refractivity contribution >= 4 is 23.1 Å². The monoisotopic (exact) mass is 248 g/mol. The number of rotatable bonds is 3. The second kappa shape index (κ2) is 5.12. The maximum atomic E-state index is 6.05. The topological polar surface area (TPSA) is 63.8 Å². The first-order valence-electron chi connectivity index (χ1n) is 5.25. The second-order valence-electron chi connectivity index (χ2n) is 3.60. The van der Waals surface area contributed by atoms with Crippen LogP contribution in [-0.4, -0.2) is 9.97 Å². The third-order valence-corrected chi connectivity index (χ3v) is 2.83. The summed E-state index contributed by atoms with van der Waals surface area (Å²) in [5.41, 5.74) is 7.41. The highest BCUT2D eigenvalue weighted by Crippen LogP contribution is 2.25. The Hall–Kier alpha value is -1.65. The summed E-state index contributed by atoms with van der Waals surface area (Å²) in [7, 11) is 0. The first kappa shape index (κ1) is 11.8. The van der Waals surface area contributed by atoms with E-state index in [2.05, 4.69) is 15.3 Å². The molecule has 0 fully saturated rings. The molecule has 88 valence electrons. The number of benzene rings is 1. The summed E-state index contributed by atoms with van der Waals surface area (Å²) in [5, 5.41) is 3.92. The van der Waals surface area contributed by atoms with Gasteiger partial charge in [0, 0.05) is 16.9 Å². The summed E-state index contributed by atoms with van der Waals surface area (Å²) in [4.78, 5) is 8.30. The van der Waals surface area contributed by atoms with E-state index in [1.807, 2.05) is 25.1 Å². The van der Waals surface area contributed by atoms with Gasteiger partial charge in [-0.05, 0) is 30.7 Å². The Balaban J connectivity index is 2.28. The zero-order valence-corrected chi connectivity index (χ0v) is 10.2. The lowest BCUT2D eigenvalue weighted by atomic mass is 10.2. The minimum atomic E-state index is 0.323. The van der Waals surface area contributed by atoms with Crippen molar-refractivity contribution in [3.63, 3.8) is 0 Å². The molecule has 0 unspecified atom stereocenters. The van der Waals surface area contributed by atoms with Gasteiger partial charge < -0.3 is 11.1 Å². The fourth-order valence-electron chi connectivity index (χ4n) is 1.45. The number of nitrogens with zero attached hydrogens (tertiary/aromatic N) is 2. The van der Waals surface area contributed by atoms with Crippen LogP contribution in [0.25, 0.3) is 0 Å². The second-order valence-corrected chi connectivity index (χ2v) is 4.01. The average molecular weight is 249 g/mol. The number of hydrogen-bond donors (Lipinski definition) is 2. The van der Waals surface area contributed by atoms with Crippen LogP contribution in [-0.2, 0) is 6.54 Å². The van der Waals surface area contributed by atoms with E-state index in [-0.39, 0.29) is 0 Å². The van der Waals surface area contributed by atoms with Crippen molar-refractivity contribution in [1.82, 2.24) is 9.97 Å². The Morgan fingerprint density at radius 1 is 1.35 bits per heavy atom. The van der Waals surface area contributed by atoms with Crippen molar-refractivity contribution < 1.29 is 0 Å². The molecule has 0 bridgehead atoms. The molecular weight excluding hydrogens is 236 g/mol. The van der Waals surface area contributed by atoms with E-state index in [9.17, 15) is 0 Å². The molecule has 4 nitrogen and oxygen atoms in total. The number of nitrogens with two attached hydrogens (primary N) is 1. The molecule has 0 saturated heterocycles. The molecule has 0 aliphatic heterocycles. The summed E-state index contributed by atoms with van der Waals surface area (Å²) in [6.07, 6.45) is 1.68. The Morgan fingerprint density at radius 3 is 2.94 bits per heavy atom. The molecule has 0 spiro atoms. The highest BCUT2D eigenvalue weighted by molar-refractivity contribution is 6.31. The highest BCUT2D eigenvalue weighted by atomic mass is 35.5. The quantitative estimate of drug-likeness (QED) is 0.877. The van der Waals surface area contributed by atoms with Gasteiger partial charge in [0.25, 0.3) is 0 Å². The van der Waals surface area contributed by atoms with Crippen LogP contribution in [0.4, 0.5) is 11.5 Å². The van der Waals surface area contributed by atoms with Crippen molar-refractivity contribution in [3.05, 3.63) is 46.9 Å². The fourth-order valence-corrected chi connectivity index (χ4v) is 1.62. The maximum Gasteiger partial charge on any atom is 0.144 e. The van der Waals surface area contributed by atoms with E-state index in [4.69, 9.17) is 17.3 Å². The van der Waals surface area contributed by atoms with Crippen LogP contribution in [0.5, 0.6) is 0 Å². The molecule has 0 saturated carbocycles. The van der Waals surface area contributed by atoms with Crippen LogP contribution >= 0.6 is 11.6 Å². The predicted octanol–water partition coefficient (Wildman–Crippen LogP) is 2.64. The van der Waals surface area contributed by atoms with Crippen LogP contribution in [0.2, 0.25) is 5.02 Å². The van der Waals surface area contributed by atoms with E-state index >= 15 is 0 Å². The summed E-state index contributed by atoms with van der Waals surface area (Å²) in [6, 6.07) is 7.49. The van der Waals surface area contributed by atoms with Crippen molar-refractivity contribution in [2.45, 2.75) is 13.5 Å². The van der Waals surface area contributed by atoms with Crippen molar-refractivity contribution in [2.24, 2.45) is 5.73 Å². The summed E-state index contributed by atoms with van der Waals surface area (Å²) in [5.74, 6) is 1.32. The molecule has 3 N–H and O–H groups in total. The van der Waals surface area contributed by atoms with Crippen LogP contribution in [0.15, 0.2) is 30.5 Å². The molecule has 0 radical (unpaired) electrons. The minimum Gasteiger partial charge on any atom is -0.340 e. The highest BCUT2D eigenvalue weighted by Gasteiger charge is 2.03. The first-order chi connectivity index (χ1) is 8.20. The normalized spacial score (nSPS) is 10.3. The third kappa shape index (κ3) is 2.72. The number of hydrogen-bond acceptors (Lipinski definition) is 4. The Labute approximate surface area is 105 Å². The van der Waals surface area contributed by atoms with Gasteiger partial charge in [0.15, 0.2) is 0 Å². The van der Waals surface area contributed by atoms with Gasteiger partial charge in [-0.15, -0.1) is 0 Å². The molecule has 1 aromatic heterocycles. The van der Waals surface area contributed by atoms with Crippen molar-refractivity contribution in [1.29, 1.82) is 0 Å². The lowest BCUT2D eigenvalue weighted by molar-refractivity contribution is 0.912. The van der Waals surface area contributed by atoms with E-state index in [0.717, 1.165) is 16.3 Å². The molecule has 0 aliphatic carbocycles. The van der Waals surface area contributed by atoms with Gasteiger partial charge in [-0.3, -0.25) is 0 Å². The van der Waals surface area contributed by atoms with Gasteiger partial charge in [0.1, 0.15) is 11.6 Å². The Bertz CT molecular complexity index is 528. The van der Waals surface area contributed by atoms with E-state index < -0.39 is 0 Å².